The fourth-order valence-electron chi connectivity index (χ4n) is 2.55. The zero-order chi connectivity index (χ0) is 23.8. The molecule has 0 saturated carbocycles. The van der Waals surface area contributed by atoms with E-state index in [0.717, 1.165) is 11.3 Å². The molecule has 0 radical (unpaired) electrons. The highest BCUT2D eigenvalue weighted by Gasteiger charge is 2.38. The van der Waals surface area contributed by atoms with Gasteiger partial charge in [-0.1, -0.05) is 51.1 Å². The second-order valence-corrected chi connectivity index (χ2v) is 14.3. The second-order valence-electron chi connectivity index (χ2n) is 9.17. The van der Waals surface area contributed by atoms with Crippen molar-refractivity contribution in [1.82, 2.24) is 5.32 Å². The van der Waals surface area contributed by atoms with Gasteiger partial charge in [0.1, 0.15) is 5.75 Å². The summed E-state index contributed by atoms with van der Waals surface area (Å²) in [5.74, 6) is -0.525. The Morgan fingerprint density at radius 1 is 1.19 bits per heavy atom. The molecule has 0 heterocycles. The minimum absolute atomic E-state index is 0.111. The van der Waals surface area contributed by atoms with Crippen molar-refractivity contribution >= 4 is 43.8 Å². The normalized spacial score (nSPS) is 13.7. The third-order valence-corrected chi connectivity index (χ3v) is 10.2. The summed E-state index contributed by atoms with van der Waals surface area (Å²) in [6.07, 6.45) is 5.59. The molecule has 1 unspecified atom stereocenters. The van der Waals surface area contributed by atoms with Gasteiger partial charge >= 0.3 is 0 Å². The molecule has 1 N–H and O–H groups in total. The van der Waals surface area contributed by atoms with Crippen LogP contribution < -0.4 is 9.74 Å². The van der Waals surface area contributed by atoms with Crippen LogP contribution in [0.1, 0.15) is 46.6 Å². The summed E-state index contributed by atoms with van der Waals surface area (Å²) in [5, 5.41) is 2.21. The summed E-state index contributed by atoms with van der Waals surface area (Å²) in [7, 11) is -1.92. The Bertz CT molecular complexity index is 869. The molecule has 0 aliphatic carbocycles. The van der Waals surface area contributed by atoms with Gasteiger partial charge in [0.05, 0.1) is 5.92 Å². The number of ketones is 1. The van der Waals surface area contributed by atoms with Crippen molar-refractivity contribution in [3.63, 3.8) is 0 Å². The van der Waals surface area contributed by atoms with Gasteiger partial charge < -0.3 is 9.74 Å². The third kappa shape index (κ3) is 8.87. The van der Waals surface area contributed by atoms with Crippen LogP contribution >= 0.6 is 12.6 Å². The summed E-state index contributed by atoms with van der Waals surface area (Å²) in [6.45, 7) is 14.3. The van der Waals surface area contributed by atoms with Gasteiger partial charge in [0.25, 0.3) is 0 Å². The number of benzene rings is 1. The van der Waals surface area contributed by atoms with Crippen LogP contribution in [-0.4, -0.2) is 31.7 Å². The van der Waals surface area contributed by atoms with E-state index in [1.165, 1.54) is 6.92 Å². The van der Waals surface area contributed by atoms with Gasteiger partial charge in [0.15, 0.2) is 10.9 Å². The van der Waals surface area contributed by atoms with E-state index in [-0.39, 0.29) is 29.7 Å². The Hall–Kier alpha value is -2.12. The predicted octanol–water partition coefficient (Wildman–Crippen LogP) is 5.20. The van der Waals surface area contributed by atoms with Crippen molar-refractivity contribution in [3.05, 3.63) is 47.6 Å². The SMILES string of the molecule is CC(=O)NCCC(C(=O)S)C(=O)/C(C)=C/C=C/c1cccc(O[Si](C)(C)C(C)(C)C)c1. The van der Waals surface area contributed by atoms with E-state index in [4.69, 9.17) is 4.43 Å². The molecule has 170 valence electrons. The van der Waals surface area contributed by atoms with Crippen molar-refractivity contribution in [2.24, 2.45) is 5.92 Å². The van der Waals surface area contributed by atoms with Crippen LogP contribution in [0, 0.1) is 5.92 Å². The van der Waals surface area contributed by atoms with Crippen molar-refractivity contribution in [3.8, 4) is 5.75 Å². The maximum atomic E-state index is 12.6. The molecular formula is C24H35NO4SSi. The molecule has 7 heteroatoms. The number of allylic oxidation sites excluding steroid dienone is 3. The zero-order valence-corrected chi connectivity index (χ0v) is 21.5. The lowest BCUT2D eigenvalue weighted by Gasteiger charge is -2.36. The van der Waals surface area contributed by atoms with E-state index in [9.17, 15) is 14.4 Å². The third-order valence-electron chi connectivity index (χ3n) is 5.48. The maximum Gasteiger partial charge on any atom is 0.250 e. The van der Waals surface area contributed by atoms with Crippen LogP contribution in [0.5, 0.6) is 5.75 Å². The monoisotopic (exact) mass is 461 g/mol. The number of nitrogens with one attached hydrogen (secondary N) is 1. The van der Waals surface area contributed by atoms with Crippen LogP contribution in [0.4, 0.5) is 0 Å². The fourth-order valence-corrected chi connectivity index (χ4v) is 3.82. The number of hydrogen-bond donors (Lipinski definition) is 2. The van der Waals surface area contributed by atoms with Crippen molar-refractivity contribution in [2.75, 3.05) is 6.54 Å². The molecule has 0 spiro atoms. The number of hydrogen-bond acceptors (Lipinski definition) is 4. The molecule has 0 aromatic heterocycles. The van der Waals surface area contributed by atoms with E-state index in [2.05, 4.69) is 51.8 Å². The van der Waals surface area contributed by atoms with Gasteiger partial charge in [-0.15, -0.1) is 12.6 Å². The second kappa shape index (κ2) is 11.5. The summed E-state index contributed by atoms with van der Waals surface area (Å²) in [6, 6.07) is 7.85. The molecule has 0 bridgehead atoms. The van der Waals surface area contributed by atoms with E-state index < -0.39 is 19.4 Å². The number of carbonyl (C=O) groups is 3. The topological polar surface area (TPSA) is 72.5 Å². The molecule has 0 aliphatic heterocycles. The Labute approximate surface area is 192 Å². The quantitative estimate of drug-likeness (QED) is 0.165. The molecule has 0 fully saturated rings. The van der Waals surface area contributed by atoms with E-state index in [1.54, 1.807) is 19.1 Å². The first-order chi connectivity index (χ1) is 14.2. The van der Waals surface area contributed by atoms with Crippen LogP contribution in [0.3, 0.4) is 0 Å². The lowest BCUT2D eigenvalue weighted by atomic mass is 9.96. The molecular weight excluding hydrogens is 426 g/mol. The molecule has 0 aliphatic rings. The number of amides is 1. The van der Waals surface area contributed by atoms with Crippen molar-refractivity contribution in [2.45, 2.75) is 59.2 Å². The molecule has 1 aromatic rings. The van der Waals surface area contributed by atoms with Gasteiger partial charge in [-0.05, 0) is 54.7 Å². The zero-order valence-electron chi connectivity index (χ0n) is 19.6. The Kier molecular flexibility index (Phi) is 9.97. The van der Waals surface area contributed by atoms with Crippen LogP contribution in [0.15, 0.2) is 42.0 Å². The Morgan fingerprint density at radius 3 is 2.39 bits per heavy atom. The van der Waals surface area contributed by atoms with Crippen LogP contribution in [0.25, 0.3) is 6.08 Å². The highest BCUT2D eigenvalue weighted by Crippen LogP contribution is 2.37. The van der Waals surface area contributed by atoms with E-state index >= 15 is 0 Å². The van der Waals surface area contributed by atoms with Crippen LogP contribution in [-0.2, 0) is 14.4 Å². The molecule has 1 aromatic carbocycles. The Balaban J connectivity index is 2.88. The van der Waals surface area contributed by atoms with Crippen LogP contribution in [0.2, 0.25) is 18.1 Å². The highest BCUT2D eigenvalue weighted by molar-refractivity contribution is 7.96. The van der Waals surface area contributed by atoms with E-state index in [0.29, 0.717) is 5.57 Å². The predicted molar refractivity (Wildman–Crippen MR) is 133 cm³/mol. The molecule has 1 atom stereocenters. The lowest BCUT2D eigenvalue weighted by molar-refractivity contribution is -0.127. The molecule has 5 nitrogen and oxygen atoms in total. The Morgan fingerprint density at radius 2 is 1.84 bits per heavy atom. The summed E-state index contributed by atoms with van der Waals surface area (Å²) >= 11 is 3.84. The highest BCUT2D eigenvalue weighted by atomic mass is 32.1. The van der Waals surface area contributed by atoms with Gasteiger partial charge in [0.2, 0.25) is 14.2 Å². The van der Waals surface area contributed by atoms with Gasteiger partial charge in [0, 0.05) is 13.5 Å². The number of Topliss-reactive ketones (excluding diaryl/α,β-unsaturated/α-hetero) is 1. The summed E-state index contributed by atoms with van der Waals surface area (Å²) in [5.41, 5.74) is 1.42. The minimum atomic E-state index is -1.92. The molecule has 31 heavy (non-hydrogen) atoms. The largest absolute Gasteiger partial charge is 0.543 e. The van der Waals surface area contributed by atoms with Crippen molar-refractivity contribution < 1.29 is 18.8 Å². The molecule has 1 rings (SSSR count). The average molecular weight is 462 g/mol. The van der Waals surface area contributed by atoms with Gasteiger partial charge in [-0.2, -0.15) is 0 Å². The average Bonchev–Trinajstić information content (AvgIpc) is 2.63. The maximum absolute atomic E-state index is 12.6. The summed E-state index contributed by atoms with van der Waals surface area (Å²) < 4.78 is 6.34. The number of thiol groups is 1. The number of carbonyl (C=O) groups excluding carboxylic acids is 3. The standard InChI is InChI=1S/C24H35NO4SSi/c1-17(22(27)21(23(28)30)14-15-25-18(2)26)10-8-11-19-12-9-13-20(16-19)29-31(6,7)24(3,4)5/h8-13,16,21H,14-15H2,1-7H3,(H,25,26)(H,28,30)/b11-8+,17-10+. The summed E-state index contributed by atoms with van der Waals surface area (Å²) in [4.78, 5) is 35.4. The van der Waals surface area contributed by atoms with Gasteiger partial charge in [-0.25, -0.2) is 0 Å². The smallest absolute Gasteiger partial charge is 0.250 e. The molecule has 1 amide bonds. The first-order valence-corrected chi connectivity index (χ1v) is 13.8. The van der Waals surface area contributed by atoms with Gasteiger partial charge in [-0.3, -0.25) is 14.4 Å². The lowest BCUT2D eigenvalue weighted by Crippen LogP contribution is -2.43. The first kappa shape index (κ1) is 26.9. The first-order valence-electron chi connectivity index (χ1n) is 10.4. The minimum Gasteiger partial charge on any atom is -0.543 e. The fraction of sp³-hybridized carbons (Fsp3) is 0.458. The van der Waals surface area contributed by atoms with Crippen molar-refractivity contribution in [1.29, 1.82) is 0 Å². The number of rotatable bonds is 10. The molecule has 0 saturated heterocycles. The van der Waals surface area contributed by atoms with E-state index in [1.807, 2.05) is 30.3 Å².